The summed E-state index contributed by atoms with van der Waals surface area (Å²) in [5.41, 5.74) is 4.28. The molecule has 0 spiro atoms. The molecule has 2 nitrogen and oxygen atoms in total. The Morgan fingerprint density at radius 2 is 1.88 bits per heavy atom. The van der Waals surface area contributed by atoms with E-state index >= 15 is 0 Å². The van der Waals surface area contributed by atoms with Gasteiger partial charge in [0.1, 0.15) is 0 Å². The van der Waals surface area contributed by atoms with Crippen molar-refractivity contribution in [3.8, 4) is 0 Å². The lowest BCUT2D eigenvalue weighted by molar-refractivity contribution is 0.375. The lowest BCUT2D eigenvalue weighted by Crippen LogP contribution is -2.20. The Labute approximate surface area is 103 Å². The van der Waals surface area contributed by atoms with E-state index in [0.29, 0.717) is 0 Å². The second-order valence-electron chi connectivity index (χ2n) is 5.46. The first-order valence-electron chi connectivity index (χ1n) is 6.06. The summed E-state index contributed by atoms with van der Waals surface area (Å²) in [4.78, 5) is 4.50. The normalized spacial score (nSPS) is 20.8. The zero-order valence-corrected chi connectivity index (χ0v) is 10.6. The van der Waals surface area contributed by atoms with Gasteiger partial charge in [-0.2, -0.15) is 0 Å². The van der Waals surface area contributed by atoms with E-state index in [0.717, 1.165) is 6.67 Å². The van der Waals surface area contributed by atoms with Gasteiger partial charge in [0, 0.05) is 36.1 Å². The minimum Gasteiger partial charge on any atom is -0.361 e. The summed E-state index contributed by atoms with van der Waals surface area (Å²) in [6, 6.07) is 8.71. The molecule has 0 fully saturated rings. The van der Waals surface area contributed by atoms with Crippen molar-refractivity contribution in [3.63, 3.8) is 0 Å². The van der Waals surface area contributed by atoms with Gasteiger partial charge >= 0.3 is 0 Å². The standard InChI is InChI=1S/C15H18N2/c1-15(2)10-14(17-9-8-16(3)11-17)12-6-4-5-7-13(12)15/h4-10H,11H2,1-3H3. The Hall–Kier alpha value is -1.70. The van der Waals surface area contributed by atoms with Crippen LogP contribution in [-0.2, 0) is 5.41 Å². The van der Waals surface area contributed by atoms with Crippen LogP contribution in [0.1, 0.15) is 25.0 Å². The Kier molecular flexibility index (Phi) is 2.09. The molecule has 1 aliphatic heterocycles. The predicted octanol–water partition coefficient (Wildman–Crippen LogP) is 2.99. The van der Waals surface area contributed by atoms with Crippen molar-refractivity contribution < 1.29 is 0 Å². The molecule has 0 bridgehead atoms. The highest BCUT2D eigenvalue weighted by Crippen LogP contribution is 2.42. The van der Waals surface area contributed by atoms with E-state index in [4.69, 9.17) is 0 Å². The molecule has 3 rings (SSSR count). The molecule has 17 heavy (non-hydrogen) atoms. The zero-order valence-electron chi connectivity index (χ0n) is 10.6. The van der Waals surface area contributed by atoms with Gasteiger partial charge in [0.2, 0.25) is 0 Å². The molecule has 1 aromatic carbocycles. The van der Waals surface area contributed by atoms with Crippen LogP contribution in [-0.4, -0.2) is 23.5 Å². The number of hydrogen-bond donors (Lipinski definition) is 0. The first kappa shape index (κ1) is 10.5. The largest absolute Gasteiger partial charge is 0.361 e. The van der Waals surface area contributed by atoms with Crippen LogP contribution in [0.2, 0.25) is 0 Å². The van der Waals surface area contributed by atoms with Gasteiger partial charge in [0.15, 0.2) is 0 Å². The fourth-order valence-corrected chi connectivity index (χ4v) is 2.69. The number of allylic oxidation sites excluding steroid dienone is 1. The smallest absolute Gasteiger partial charge is 0.0939 e. The van der Waals surface area contributed by atoms with E-state index in [-0.39, 0.29) is 5.41 Å². The molecule has 0 atom stereocenters. The minimum absolute atomic E-state index is 0.140. The van der Waals surface area contributed by atoms with Gasteiger partial charge in [-0.05, 0) is 11.6 Å². The Balaban J connectivity index is 2.05. The maximum Gasteiger partial charge on any atom is 0.0939 e. The van der Waals surface area contributed by atoms with Gasteiger partial charge < -0.3 is 9.80 Å². The Morgan fingerprint density at radius 1 is 1.12 bits per heavy atom. The molecule has 0 radical (unpaired) electrons. The molecule has 88 valence electrons. The number of hydrogen-bond acceptors (Lipinski definition) is 2. The summed E-state index contributed by atoms with van der Waals surface area (Å²) < 4.78 is 0. The highest BCUT2D eigenvalue weighted by molar-refractivity contribution is 5.75. The minimum atomic E-state index is 0.140. The molecule has 2 heteroatoms. The second kappa shape index (κ2) is 3.39. The third kappa shape index (κ3) is 1.55. The van der Waals surface area contributed by atoms with Gasteiger partial charge in [0.25, 0.3) is 0 Å². The van der Waals surface area contributed by atoms with Crippen molar-refractivity contribution in [3.05, 3.63) is 53.9 Å². The van der Waals surface area contributed by atoms with Crippen LogP contribution in [0.3, 0.4) is 0 Å². The molecular formula is C15H18N2. The molecule has 1 aliphatic carbocycles. The van der Waals surface area contributed by atoms with Crippen molar-refractivity contribution >= 4 is 5.70 Å². The van der Waals surface area contributed by atoms with Crippen LogP contribution in [0.5, 0.6) is 0 Å². The molecular weight excluding hydrogens is 208 g/mol. The number of benzene rings is 1. The highest BCUT2D eigenvalue weighted by Gasteiger charge is 2.32. The van der Waals surface area contributed by atoms with Crippen LogP contribution in [0.15, 0.2) is 42.7 Å². The topological polar surface area (TPSA) is 6.48 Å². The first-order chi connectivity index (χ1) is 8.08. The van der Waals surface area contributed by atoms with Gasteiger partial charge in [-0.3, -0.25) is 0 Å². The molecule has 0 N–H and O–H groups in total. The zero-order chi connectivity index (χ0) is 12.0. The second-order valence-corrected chi connectivity index (χ2v) is 5.46. The monoisotopic (exact) mass is 226 g/mol. The number of rotatable bonds is 1. The van der Waals surface area contributed by atoms with Crippen LogP contribution >= 0.6 is 0 Å². The summed E-state index contributed by atoms with van der Waals surface area (Å²) in [5, 5.41) is 0. The summed E-state index contributed by atoms with van der Waals surface area (Å²) in [7, 11) is 2.10. The van der Waals surface area contributed by atoms with Crippen LogP contribution in [0.25, 0.3) is 5.70 Å². The molecule has 0 aromatic heterocycles. The van der Waals surface area contributed by atoms with Crippen LogP contribution in [0, 0.1) is 0 Å². The quantitative estimate of drug-likeness (QED) is 0.726. The van der Waals surface area contributed by atoms with Crippen molar-refractivity contribution in [1.82, 2.24) is 9.80 Å². The van der Waals surface area contributed by atoms with Crippen molar-refractivity contribution in [2.75, 3.05) is 13.7 Å². The maximum atomic E-state index is 2.38. The molecule has 2 aliphatic rings. The third-order valence-corrected chi connectivity index (χ3v) is 3.58. The fourth-order valence-electron chi connectivity index (χ4n) is 2.69. The van der Waals surface area contributed by atoms with Crippen molar-refractivity contribution in [2.24, 2.45) is 0 Å². The molecule has 0 unspecified atom stereocenters. The van der Waals surface area contributed by atoms with E-state index in [9.17, 15) is 0 Å². The van der Waals surface area contributed by atoms with Gasteiger partial charge in [-0.1, -0.05) is 38.1 Å². The van der Waals surface area contributed by atoms with Crippen molar-refractivity contribution in [2.45, 2.75) is 19.3 Å². The van der Waals surface area contributed by atoms with Gasteiger partial charge in [-0.15, -0.1) is 0 Å². The molecule has 0 amide bonds. The van der Waals surface area contributed by atoms with E-state index in [2.05, 4.69) is 73.4 Å². The average Bonchev–Trinajstić information content (AvgIpc) is 2.82. The van der Waals surface area contributed by atoms with Crippen LogP contribution in [0.4, 0.5) is 0 Å². The summed E-state index contributed by atoms with van der Waals surface area (Å²) in [6.07, 6.45) is 6.65. The molecule has 1 heterocycles. The fraction of sp³-hybridized carbons (Fsp3) is 0.333. The van der Waals surface area contributed by atoms with E-state index in [1.807, 2.05) is 0 Å². The average molecular weight is 226 g/mol. The Morgan fingerprint density at radius 3 is 2.59 bits per heavy atom. The summed E-state index contributed by atoms with van der Waals surface area (Å²) in [6.45, 7) is 5.50. The lowest BCUT2D eigenvalue weighted by Gasteiger charge is -2.20. The number of nitrogens with zero attached hydrogens (tertiary/aromatic N) is 2. The lowest BCUT2D eigenvalue weighted by atomic mass is 9.87. The highest BCUT2D eigenvalue weighted by atomic mass is 15.3. The molecule has 0 saturated heterocycles. The van der Waals surface area contributed by atoms with E-state index in [1.54, 1.807) is 0 Å². The van der Waals surface area contributed by atoms with Gasteiger partial charge in [0.05, 0.1) is 6.67 Å². The first-order valence-corrected chi connectivity index (χ1v) is 6.06. The van der Waals surface area contributed by atoms with Gasteiger partial charge in [-0.25, -0.2) is 0 Å². The maximum absolute atomic E-state index is 2.38. The van der Waals surface area contributed by atoms with Crippen molar-refractivity contribution in [1.29, 1.82) is 0 Å². The summed E-state index contributed by atoms with van der Waals surface area (Å²) >= 11 is 0. The molecule has 1 aromatic rings. The summed E-state index contributed by atoms with van der Waals surface area (Å²) in [5.74, 6) is 0. The van der Waals surface area contributed by atoms with E-state index < -0.39 is 0 Å². The number of fused-ring (bicyclic) bond motifs is 1. The van der Waals surface area contributed by atoms with E-state index in [1.165, 1.54) is 16.8 Å². The SMILES string of the molecule is CN1C=CN(C2=CC(C)(C)c3ccccc32)C1. The third-order valence-electron chi connectivity index (χ3n) is 3.58. The molecule has 0 saturated carbocycles. The Bertz CT molecular complexity index is 511. The van der Waals surface area contributed by atoms with Crippen LogP contribution < -0.4 is 0 Å². The predicted molar refractivity (Wildman–Crippen MR) is 71.1 cm³/mol.